The Morgan fingerprint density at radius 2 is 2.06 bits per heavy atom. The molecule has 2 aliphatic heterocycles. The van der Waals surface area contributed by atoms with Crippen LogP contribution in [0, 0.1) is 12.8 Å². The first kappa shape index (κ1) is 20.6. The highest BCUT2D eigenvalue weighted by Gasteiger charge is 2.36. The largest absolute Gasteiger partial charge is 0.493 e. The fourth-order valence-electron chi connectivity index (χ4n) is 3.61. The molecule has 2 atom stereocenters. The van der Waals surface area contributed by atoms with Gasteiger partial charge in [-0.15, -0.1) is 0 Å². The topological polar surface area (TPSA) is 128 Å². The fraction of sp³-hybridized carbons (Fsp3) is 0.381. The quantitative estimate of drug-likeness (QED) is 0.566. The number of ketones is 2. The number of rotatable bonds is 5. The molecular weight excluding hydrogens is 406 g/mol. The Kier molecular flexibility index (Phi) is 5.45. The summed E-state index contributed by atoms with van der Waals surface area (Å²) < 4.78 is 15.9. The highest BCUT2D eigenvalue weighted by molar-refractivity contribution is 6.16. The lowest BCUT2D eigenvalue weighted by Crippen LogP contribution is -2.33. The first-order chi connectivity index (χ1) is 14.8. The third kappa shape index (κ3) is 4.14. The molecule has 1 aromatic carbocycles. The van der Waals surface area contributed by atoms with Crippen molar-refractivity contribution in [3.63, 3.8) is 0 Å². The van der Waals surface area contributed by atoms with Gasteiger partial charge in [0.2, 0.25) is 5.91 Å². The number of fused-ring (bicyclic) bond motifs is 1. The average molecular weight is 427 g/mol. The minimum absolute atomic E-state index is 0.112. The van der Waals surface area contributed by atoms with Gasteiger partial charge < -0.3 is 19.3 Å². The number of hydrogen-bond acceptors (Lipinski definition) is 8. The number of amides is 2. The SMILES string of the molecule is CC(=O)NCC1CN(c2ccc3c(c2)OCCC(C(=O)c2cc(C)on2)C3=O)C(=O)O1. The van der Waals surface area contributed by atoms with Crippen LogP contribution in [-0.2, 0) is 9.53 Å². The van der Waals surface area contributed by atoms with Crippen LogP contribution >= 0.6 is 0 Å². The van der Waals surface area contributed by atoms with Crippen molar-refractivity contribution < 1.29 is 33.2 Å². The molecule has 10 heteroatoms. The summed E-state index contributed by atoms with van der Waals surface area (Å²) in [4.78, 5) is 50.5. The molecule has 0 saturated carbocycles. The van der Waals surface area contributed by atoms with E-state index in [1.807, 2.05) is 0 Å². The number of cyclic esters (lactones) is 1. The third-order valence-electron chi connectivity index (χ3n) is 5.17. The molecule has 162 valence electrons. The van der Waals surface area contributed by atoms with Crippen LogP contribution in [0.5, 0.6) is 5.75 Å². The molecule has 1 N–H and O–H groups in total. The van der Waals surface area contributed by atoms with Gasteiger partial charge in [-0.05, 0) is 25.5 Å². The second-order valence-corrected chi connectivity index (χ2v) is 7.47. The van der Waals surface area contributed by atoms with Gasteiger partial charge in [0.05, 0.1) is 36.9 Å². The monoisotopic (exact) mass is 427 g/mol. The number of Topliss-reactive ketones (excluding diaryl/α,β-unsaturated/α-hetero) is 2. The summed E-state index contributed by atoms with van der Waals surface area (Å²) in [6.45, 7) is 3.67. The molecule has 2 unspecified atom stereocenters. The van der Waals surface area contributed by atoms with E-state index < -0.39 is 23.9 Å². The van der Waals surface area contributed by atoms with Crippen LogP contribution in [0.1, 0.15) is 40.0 Å². The molecule has 1 aromatic heterocycles. The van der Waals surface area contributed by atoms with Crippen LogP contribution < -0.4 is 15.0 Å². The molecule has 4 rings (SSSR count). The van der Waals surface area contributed by atoms with Crippen molar-refractivity contribution in [2.24, 2.45) is 5.92 Å². The Morgan fingerprint density at radius 3 is 2.77 bits per heavy atom. The standard InChI is InChI=1S/C21H21N3O7/c1-11-7-17(23-31-11)20(27)16-5-6-29-18-8-13(3-4-15(18)19(16)26)24-10-14(30-21(24)28)9-22-12(2)25/h3-4,7-8,14,16H,5-6,9-10H2,1-2H3,(H,22,25). The number of nitrogens with zero attached hydrogens (tertiary/aromatic N) is 2. The number of aryl methyl sites for hydroxylation is 1. The molecule has 2 amide bonds. The number of aromatic nitrogens is 1. The van der Waals surface area contributed by atoms with Crippen LogP contribution in [-0.4, -0.2) is 54.5 Å². The van der Waals surface area contributed by atoms with Crippen molar-refractivity contribution in [3.05, 3.63) is 41.3 Å². The van der Waals surface area contributed by atoms with Gasteiger partial charge in [-0.2, -0.15) is 0 Å². The number of benzene rings is 1. The molecule has 10 nitrogen and oxygen atoms in total. The Hall–Kier alpha value is -3.69. The highest BCUT2D eigenvalue weighted by atomic mass is 16.6. The van der Waals surface area contributed by atoms with Gasteiger partial charge in [-0.25, -0.2) is 4.79 Å². The zero-order chi connectivity index (χ0) is 22.1. The number of hydrogen-bond donors (Lipinski definition) is 1. The lowest BCUT2D eigenvalue weighted by atomic mass is 9.90. The van der Waals surface area contributed by atoms with E-state index in [1.165, 1.54) is 17.9 Å². The van der Waals surface area contributed by atoms with Crippen molar-refractivity contribution in [2.75, 3.05) is 24.6 Å². The molecular formula is C21H21N3O7. The maximum atomic E-state index is 13.1. The zero-order valence-corrected chi connectivity index (χ0v) is 17.0. The molecule has 0 aliphatic carbocycles. The number of carbonyl (C=O) groups is 4. The van der Waals surface area contributed by atoms with Crippen LogP contribution in [0.2, 0.25) is 0 Å². The van der Waals surface area contributed by atoms with Gasteiger partial charge in [0.15, 0.2) is 17.3 Å². The second kappa shape index (κ2) is 8.21. The van der Waals surface area contributed by atoms with E-state index in [0.29, 0.717) is 17.2 Å². The number of carbonyl (C=O) groups excluding carboxylic acids is 4. The van der Waals surface area contributed by atoms with Gasteiger partial charge in [-0.3, -0.25) is 19.3 Å². The van der Waals surface area contributed by atoms with Gasteiger partial charge in [0.25, 0.3) is 0 Å². The molecule has 0 spiro atoms. The number of anilines is 1. The van der Waals surface area contributed by atoms with Crippen LogP contribution in [0.4, 0.5) is 10.5 Å². The third-order valence-corrected chi connectivity index (χ3v) is 5.17. The zero-order valence-electron chi connectivity index (χ0n) is 17.0. The summed E-state index contributed by atoms with van der Waals surface area (Å²) in [6, 6.07) is 6.24. The summed E-state index contributed by atoms with van der Waals surface area (Å²) in [6.07, 6.45) is -0.826. The van der Waals surface area contributed by atoms with Crippen LogP contribution in [0.15, 0.2) is 28.8 Å². The van der Waals surface area contributed by atoms with E-state index in [0.717, 1.165) is 0 Å². The van der Waals surface area contributed by atoms with E-state index >= 15 is 0 Å². The summed E-state index contributed by atoms with van der Waals surface area (Å²) in [7, 11) is 0. The Labute approximate surface area is 177 Å². The van der Waals surface area contributed by atoms with Gasteiger partial charge >= 0.3 is 6.09 Å². The second-order valence-electron chi connectivity index (χ2n) is 7.47. The summed E-state index contributed by atoms with van der Waals surface area (Å²) in [5, 5.41) is 6.34. The molecule has 2 aliphatic rings. The lowest BCUT2D eigenvalue weighted by Gasteiger charge is -2.16. The maximum Gasteiger partial charge on any atom is 0.414 e. The van der Waals surface area contributed by atoms with Crippen molar-refractivity contribution in [1.29, 1.82) is 0 Å². The van der Waals surface area contributed by atoms with Gasteiger partial charge in [0.1, 0.15) is 17.6 Å². The van der Waals surface area contributed by atoms with Crippen molar-refractivity contribution in [1.82, 2.24) is 10.5 Å². The van der Waals surface area contributed by atoms with Crippen LogP contribution in [0.25, 0.3) is 0 Å². The molecule has 2 aromatic rings. The van der Waals surface area contributed by atoms with Gasteiger partial charge in [-0.1, -0.05) is 5.16 Å². The van der Waals surface area contributed by atoms with Gasteiger partial charge in [0, 0.05) is 19.1 Å². The molecule has 3 heterocycles. The molecule has 1 fully saturated rings. The molecule has 0 bridgehead atoms. The predicted molar refractivity (Wildman–Crippen MR) is 106 cm³/mol. The Balaban J connectivity index is 1.53. The van der Waals surface area contributed by atoms with E-state index in [4.69, 9.17) is 14.0 Å². The maximum absolute atomic E-state index is 13.1. The minimum Gasteiger partial charge on any atom is -0.493 e. The summed E-state index contributed by atoms with van der Waals surface area (Å²) in [5.41, 5.74) is 0.877. The molecule has 0 radical (unpaired) electrons. The summed E-state index contributed by atoms with van der Waals surface area (Å²) >= 11 is 0. The number of nitrogens with one attached hydrogen (secondary N) is 1. The van der Waals surface area contributed by atoms with Crippen molar-refractivity contribution in [3.8, 4) is 5.75 Å². The molecule has 31 heavy (non-hydrogen) atoms. The van der Waals surface area contributed by atoms with E-state index in [-0.39, 0.29) is 49.1 Å². The smallest absolute Gasteiger partial charge is 0.414 e. The average Bonchev–Trinajstić information content (AvgIpc) is 3.29. The Bertz CT molecular complexity index is 1060. The normalized spacial score (nSPS) is 20.5. The Morgan fingerprint density at radius 1 is 1.26 bits per heavy atom. The van der Waals surface area contributed by atoms with E-state index in [9.17, 15) is 19.2 Å². The first-order valence-electron chi connectivity index (χ1n) is 9.84. The molecule has 1 saturated heterocycles. The van der Waals surface area contributed by atoms with Crippen molar-refractivity contribution >= 4 is 29.3 Å². The van der Waals surface area contributed by atoms with Crippen molar-refractivity contribution in [2.45, 2.75) is 26.4 Å². The lowest BCUT2D eigenvalue weighted by molar-refractivity contribution is -0.119. The number of ether oxygens (including phenoxy) is 2. The minimum atomic E-state index is -0.921. The van der Waals surface area contributed by atoms with E-state index in [2.05, 4.69) is 10.5 Å². The summed E-state index contributed by atoms with van der Waals surface area (Å²) in [5.74, 6) is -1.12. The predicted octanol–water partition coefficient (Wildman–Crippen LogP) is 1.91. The highest BCUT2D eigenvalue weighted by Crippen LogP contribution is 2.33. The van der Waals surface area contributed by atoms with E-state index in [1.54, 1.807) is 25.1 Å². The fourth-order valence-corrected chi connectivity index (χ4v) is 3.61. The van der Waals surface area contributed by atoms with Crippen LogP contribution in [0.3, 0.4) is 0 Å². The first-order valence-corrected chi connectivity index (χ1v) is 9.84.